The van der Waals surface area contributed by atoms with Gasteiger partial charge in [0.2, 0.25) is 0 Å². The highest BCUT2D eigenvalue weighted by molar-refractivity contribution is 5.93. The lowest BCUT2D eigenvalue weighted by atomic mass is 10.1. The third-order valence-electron chi connectivity index (χ3n) is 5.48. The van der Waals surface area contributed by atoms with Gasteiger partial charge in [-0.25, -0.2) is 4.68 Å². The maximum absolute atomic E-state index is 13.0. The van der Waals surface area contributed by atoms with Crippen molar-refractivity contribution in [2.75, 3.05) is 6.61 Å². The van der Waals surface area contributed by atoms with E-state index < -0.39 is 6.10 Å². The normalized spacial score (nSPS) is 12.2. The smallest absolute Gasteiger partial charge is 0.274 e. The molecule has 0 fully saturated rings. The van der Waals surface area contributed by atoms with Crippen LogP contribution in [0.4, 0.5) is 0 Å². The number of benzene rings is 4. The van der Waals surface area contributed by atoms with Crippen molar-refractivity contribution in [1.82, 2.24) is 9.78 Å². The van der Waals surface area contributed by atoms with E-state index in [1.807, 2.05) is 91.0 Å². The van der Waals surface area contributed by atoms with Crippen LogP contribution in [0.2, 0.25) is 0 Å². The summed E-state index contributed by atoms with van der Waals surface area (Å²) in [6, 6.07) is 30.9. The average molecular weight is 422 g/mol. The Morgan fingerprint density at radius 1 is 0.781 bits per heavy atom. The molecule has 5 heteroatoms. The molecular formula is C27H22N2O3. The molecule has 5 rings (SSSR count). The predicted molar refractivity (Wildman–Crippen MR) is 127 cm³/mol. The van der Waals surface area contributed by atoms with E-state index in [4.69, 9.17) is 4.74 Å². The topological polar surface area (TPSA) is 64.4 Å². The largest absolute Gasteiger partial charge is 0.490 e. The molecule has 5 nitrogen and oxygen atoms in total. The molecule has 0 radical (unpaired) electrons. The Kier molecular flexibility index (Phi) is 5.40. The number of aliphatic hydroxyl groups excluding tert-OH is 1. The fraction of sp³-hybridized carbons (Fsp3) is 0.111. The van der Waals surface area contributed by atoms with Gasteiger partial charge in [-0.3, -0.25) is 4.79 Å². The fourth-order valence-corrected chi connectivity index (χ4v) is 3.93. The fourth-order valence-electron chi connectivity index (χ4n) is 3.93. The molecule has 0 amide bonds. The Hall–Kier alpha value is -3.96. The van der Waals surface area contributed by atoms with Crippen molar-refractivity contribution in [1.29, 1.82) is 0 Å². The number of aromatic nitrogens is 2. The van der Waals surface area contributed by atoms with Gasteiger partial charge in [-0.1, -0.05) is 84.9 Å². The van der Waals surface area contributed by atoms with Gasteiger partial charge in [-0.2, -0.15) is 5.10 Å². The lowest BCUT2D eigenvalue weighted by Crippen LogP contribution is -2.32. The first-order valence-electron chi connectivity index (χ1n) is 10.5. The van der Waals surface area contributed by atoms with Crippen molar-refractivity contribution < 1.29 is 9.84 Å². The molecule has 4 aromatic carbocycles. The van der Waals surface area contributed by atoms with E-state index in [0.29, 0.717) is 16.8 Å². The van der Waals surface area contributed by atoms with Crippen molar-refractivity contribution in [3.05, 3.63) is 107 Å². The zero-order valence-electron chi connectivity index (χ0n) is 17.4. The first kappa shape index (κ1) is 20.0. The molecule has 1 N–H and O–H groups in total. The van der Waals surface area contributed by atoms with E-state index in [9.17, 15) is 9.90 Å². The van der Waals surface area contributed by atoms with Gasteiger partial charge in [0.05, 0.1) is 17.6 Å². The van der Waals surface area contributed by atoms with Crippen molar-refractivity contribution in [2.45, 2.75) is 12.6 Å². The van der Waals surface area contributed by atoms with Gasteiger partial charge >= 0.3 is 0 Å². The molecule has 0 saturated carbocycles. The van der Waals surface area contributed by atoms with Gasteiger partial charge in [0.1, 0.15) is 18.5 Å². The van der Waals surface area contributed by atoms with E-state index >= 15 is 0 Å². The summed E-state index contributed by atoms with van der Waals surface area (Å²) >= 11 is 0. The summed E-state index contributed by atoms with van der Waals surface area (Å²) in [5, 5.41) is 18.7. The summed E-state index contributed by atoms with van der Waals surface area (Å²) in [5.74, 6) is 0.700. The number of aliphatic hydroxyl groups is 1. The van der Waals surface area contributed by atoms with Crippen LogP contribution >= 0.6 is 0 Å². The van der Waals surface area contributed by atoms with Crippen LogP contribution in [0.25, 0.3) is 32.8 Å². The molecule has 0 aliphatic heterocycles. The third-order valence-corrected chi connectivity index (χ3v) is 5.48. The Balaban J connectivity index is 1.43. The number of hydrogen-bond donors (Lipinski definition) is 1. The molecule has 0 spiro atoms. The maximum atomic E-state index is 13.0. The Labute approximate surface area is 185 Å². The Morgan fingerprint density at radius 2 is 1.44 bits per heavy atom. The highest BCUT2D eigenvalue weighted by Gasteiger charge is 2.15. The summed E-state index contributed by atoms with van der Waals surface area (Å²) in [7, 11) is 0. The zero-order valence-corrected chi connectivity index (χ0v) is 17.4. The minimum absolute atomic E-state index is 0.0360. The minimum Gasteiger partial charge on any atom is -0.490 e. The quantitative estimate of drug-likeness (QED) is 0.432. The molecule has 0 saturated heterocycles. The minimum atomic E-state index is -0.899. The summed E-state index contributed by atoms with van der Waals surface area (Å²) in [4.78, 5) is 13.0. The van der Waals surface area contributed by atoms with Crippen LogP contribution in [-0.4, -0.2) is 27.6 Å². The van der Waals surface area contributed by atoms with Crippen LogP contribution in [0.1, 0.15) is 0 Å². The predicted octanol–water partition coefficient (Wildman–Crippen LogP) is 4.66. The van der Waals surface area contributed by atoms with Crippen LogP contribution in [0, 0.1) is 0 Å². The van der Waals surface area contributed by atoms with Crippen molar-refractivity contribution >= 4 is 21.5 Å². The molecule has 0 aliphatic carbocycles. The van der Waals surface area contributed by atoms with Crippen molar-refractivity contribution in [3.63, 3.8) is 0 Å². The van der Waals surface area contributed by atoms with Crippen LogP contribution in [0.15, 0.2) is 102 Å². The molecule has 1 heterocycles. The lowest BCUT2D eigenvalue weighted by Gasteiger charge is -2.16. The van der Waals surface area contributed by atoms with Gasteiger partial charge in [0, 0.05) is 16.3 Å². The van der Waals surface area contributed by atoms with Gasteiger partial charge < -0.3 is 9.84 Å². The van der Waals surface area contributed by atoms with E-state index in [-0.39, 0.29) is 18.7 Å². The molecule has 158 valence electrons. The number of nitrogens with zero attached hydrogens (tertiary/aromatic N) is 2. The Bertz CT molecular complexity index is 1440. The van der Waals surface area contributed by atoms with Crippen molar-refractivity contribution in [3.8, 4) is 17.0 Å². The molecule has 32 heavy (non-hydrogen) atoms. The monoisotopic (exact) mass is 422 g/mol. The number of fused-ring (bicyclic) bond motifs is 2. The second-order valence-electron chi connectivity index (χ2n) is 7.69. The number of hydrogen-bond acceptors (Lipinski definition) is 4. The molecule has 1 aromatic heterocycles. The summed E-state index contributed by atoms with van der Waals surface area (Å²) in [6.07, 6.45) is -0.899. The van der Waals surface area contributed by atoms with Gasteiger partial charge in [-0.05, 0) is 17.5 Å². The first-order chi connectivity index (χ1) is 15.7. The summed E-state index contributed by atoms with van der Waals surface area (Å²) in [5.41, 5.74) is 1.39. The highest BCUT2D eigenvalue weighted by Crippen LogP contribution is 2.26. The first-order valence-corrected chi connectivity index (χ1v) is 10.5. The SMILES string of the molecule is O=c1c2ccccc2c(-c2ccccc2)nn1CC(O)COc1cccc2ccccc12. The van der Waals surface area contributed by atoms with E-state index in [2.05, 4.69) is 5.10 Å². The molecule has 5 aromatic rings. The molecule has 0 aliphatic rings. The van der Waals surface area contributed by atoms with Crippen LogP contribution < -0.4 is 10.3 Å². The maximum Gasteiger partial charge on any atom is 0.274 e. The second kappa shape index (κ2) is 8.65. The van der Waals surface area contributed by atoms with E-state index in [1.54, 1.807) is 6.07 Å². The van der Waals surface area contributed by atoms with Crippen molar-refractivity contribution in [2.24, 2.45) is 0 Å². The van der Waals surface area contributed by atoms with Gasteiger partial charge in [-0.15, -0.1) is 0 Å². The van der Waals surface area contributed by atoms with E-state index in [0.717, 1.165) is 21.7 Å². The lowest BCUT2D eigenvalue weighted by molar-refractivity contribution is 0.0889. The van der Waals surface area contributed by atoms with Crippen LogP contribution in [0.3, 0.4) is 0 Å². The number of ether oxygens (including phenoxy) is 1. The summed E-state index contributed by atoms with van der Waals surface area (Å²) < 4.78 is 7.24. The second-order valence-corrected chi connectivity index (χ2v) is 7.69. The van der Waals surface area contributed by atoms with Crippen LogP contribution in [0.5, 0.6) is 5.75 Å². The van der Waals surface area contributed by atoms with Gasteiger partial charge in [0.15, 0.2) is 0 Å². The van der Waals surface area contributed by atoms with Crippen LogP contribution in [-0.2, 0) is 6.54 Å². The average Bonchev–Trinajstić information content (AvgIpc) is 2.85. The number of rotatable bonds is 6. The molecule has 1 atom stereocenters. The summed E-state index contributed by atoms with van der Waals surface area (Å²) in [6.45, 7) is 0.0872. The molecule has 0 bridgehead atoms. The van der Waals surface area contributed by atoms with E-state index in [1.165, 1.54) is 4.68 Å². The highest BCUT2D eigenvalue weighted by atomic mass is 16.5. The zero-order chi connectivity index (χ0) is 21.9. The molecular weight excluding hydrogens is 400 g/mol. The van der Waals surface area contributed by atoms with Gasteiger partial charge in [0.25, 0.3) is 5.56 Å². The third kappa shape index (κ3) is 3.86. The molecule has 1 unspecified atom stereocenters. The standard InChI is InChI=1S/C27H22N2O3/c30-21(18-32-25-16-8-12-19-9-4-5-13-22(19)25)17-29-27(31)24-15-7-6-14-23(24)26(28-29)20-10-2-1-3-11-20/h1-16,21,30H,17-18H2. The Morgan fingerprint density at radius 3 is 2.25 bits per heavy atom.